The summed E-state index contributed by atoms with van der Waals surface area (Å²) in [5.41, 5.74) is 0.699. The number of urea groups is 1. The molecule has 3 rings (SSSR count). The van der Waals surface area contributed by atoms with Gasteiger partial charge in [-0.3, -0.25) is 0 Å². The first-order chi connectivity index (χ1) is 14.9. The third-order valence-corrected chi connectivity index (χ3v) is 4.98. The zero-order valence-electron chi connectivity index (χ0n) is 18.0. The molecule has 1 heterocycles. The summed E-state index contributed by atoms with van der Waals surface area (Å²) >= 11 is 5.93. The Kier molecular flexibility index (Phi) is 7.03. The number of rotatable bonds is 5. The second-order valence-electron chi connectivity index (χ2n) is 8.74. The molecule has 0 saturated carbocycles. The SMILES string of the molecule is CC(C)(C)NC(=O)N(Cc1cccc(C(F)(F)F)c1)C[C@@H]1CC(c2ccc(Cl)cc2)=NO1. The van der Waals surface area contributed by atoms with Gasteiger partial charge >= 0.3 is 12.2 Å². The molecule has 1 atom stereocenters. The molecule has 0 bridgehead atoms. The van der Waals surface area contributed by atoms with Crippen LogP contribution in [0.1, 0.15) is 43.9 Å². The summed E-state index contributed by atoms with van der Waals surface area (Å²) in [6.07, 6.45) is -4.41. The molecule has 0 saturated heterocycles. The highest BCUT2D eigenvalue weighted by atomic mass is 35.5. The highest BCUT2D eigenvalue weighted by Crippen LogP contribution is 2.30. The van der Waals surface area contributed by atoms with Gasteiger partial charge in [-0.2, -0.15) is 13.2 Å². The lowest BCUT2D eigenvalue weighted by molar-refractivity contribution is -0.137. The summed E-state index contributed by atoms with van der Waals surface area (Å²) < 4.78 is 39.3. The standard InChI is InChI=1S/C23H25ClF3N3O2/c1-22(2,3)28-21(31)30(13-15-5-4-6-17(11-15)23(25,26)27)14-19-12-20(29-32-19)16-7-9-18(24)10-8-16/h4-11,19H,12-14H2,1-3H3,(H,28,31)/t19-/m0/s1. The lowest BCUT2D eigenvalue weighted by Crippen LogP contribution is -2.50. The Bertz CT molecular complexity index is 985. The molecule has 1 aliphatic heterocycles. The maximum Gasteiger partial charge on any atom is 0.416 e. The Labute approximate surface area is 190 Å². The third-order valence-electron chi connectivity index (χ3n) is 4.73. The van der Waals surface area contributed by atoms with Crippen LogP contribution in [-0.2, 0) is 17.6 Å². The van der Waals surface area contributed by atoms with Crippen molar-refractivity contribution in [2.75, 3.05) is 6.54 Å². The van der Waals surface area contributed by atoms with Crippen molar-refractivity contribution in [3.63, 3.8) is 0 Å². The van der Waals surface area contributed by atoms with Crippen LogP contribution in [0.15, 0.2) is 53.7 Å². The molecule has 2 aromatic rings. The molecule has 0 unspecified atom stereocenters. The average molecular weight is 468 g/mol. The minimum atomic E-state index is -4.45. The Balaban J connectivity index is 1.74. The maximum absolute atomic E-state index is 13.1. The second kappa shape index (κ2) is 9.40. The Hall–Kier alpha value is -2.74. The molecule has 0 radical (unpaired) electrons. The van der Waals surface area contributed by atoms with Crippen LogP contribution in [0.25, 0.3) is 0 Å². The first kappa shape index (κ1) is 23.9. The van der Waals surface area contributed by atoms with Crippen molar-refractivity contribution in [2.24, 2.45) is 5.16 Å². The molecule has 1 N–H and O–H groups in total. The average Bonchev–Trinajstić information content (AvgIpc) is 3.15. The van der Waals surface area contributed by atoms with Gasteiger partial charge in [-0.15, -0.1) is 0 Å². The fraction of sp³-hybridized carbons (Fsp3) is 0.391. The van der Waals surface area contributed by atoms with Crippen LogP contribution in [-0.4, -0.2) is 34.8 Å². The zero-order valence-corrected chi connectivity index (χ0v) is 18.8. The number of nitrogens with zero attached hydrogens (tertiary/aromatic N) is 2. The Morgan fingerprint density at radius 1 is 1.19 bits per heavy atom. The van der Waals surface area contributed by atoms with Crippen LogP contribution in [0, 0.1) is 0 Å². The first-order valence-electron chi connectivity index (χ1n) is 10.1. The van der Waals surface area contributed by atoms with Gasteiger partial charge in [-0.25, -0.2) is 4.79 Å². The normalized spacial score (nSPS) is 16.3. The van der Waals surface area contributed by atoms with E-state index in [4.69, 9.17) is 16.4 Å². The van der Waals surface area contributed by atoms with E-state index in [1.165, 1.54) is 11.0 Å². The predicted octanol–water partition coefficient (Wildman–Crippen LogP) is 5.86. The zero-order chi connectivity index (χ0) is 23.5. The van der Waals surface area contributed by atoms with E-state index >= 15 is 0 Å². The molecule has 0 aromatic heterocycles. The number of amides is 2. The molecule has 5 nitrogen and oxygen atoms in total. The van der Waals surface area contributed by atoms with E-state index in [2.05, 4.69) is 10.5 Å². The molecule has 2 aromatic carbocycles. The van der Waals surface area contributed by atoms with Gasteiger partial charge < -0.3 is 15.1 Å². The maximum atomic E-state index is 13.1. The van der Waals surface area contributed by atoms with Crippen LogP contribution in [0.3, 0.4) is 0 Å². The monoisotopic (exact) mass is 467 g/mol. The summed E-state index contributed by atoms with van der Waals surface area (Å²) in [7, 11) is 0. The van der Waals surface area contributed by atoms with Gasteiger partial charge in [0.25, 0.3) is 0 Å². The van der Waals surface area contributed by atoms with Crippen molar-refractivity contribution in [2.45, 2.75) is 51.6 Å². The van der Waals surface area contributed by atoms with E-state index < -0.39 is 29.4 Å². The summed E-state index contributed by atoms with van der Waals surface area (Å²) in [4.78, 5) is 19.9. The fourth-order valence-electron chi connectivity index (χ4n) is 3.27. The van der Waals surface area contributed by atoms with Crippen molar-refractivity contribution in [3.8, 4) is 0 Å². The van der Waals surface area contributed by atoms with E-state index in [0.717, 1.165) is 23.4 Å². The highest BCUT2D eigenvalue weighted by Gasteiger charge is 2.32. The predicted molar refractivity (Wildman–Crippen MR) is 118 cm³/mol. The number of benzene rings is 2. The number of nitrogens with one attached hydrogen (secondary N) is 1. The van der Waals surface area contributed by atoms with E-state index in [-0.39, 0.29) is 13.1 Å². The number of carbonyl (C=O) groups excluding carboxylic acids is 1. The molecular formula is C23H25ClF3N3O2. The van der Waals surface area contributed by atoms with Crippen molar-refractivity contribution in [3.05, 3.63) is 70.2 Å². The fourth-order valence-corrected chi connectivity index (χ4v) is 3.40. The molecule has 32 heavy (non-hydrogen) atoms. The molecule has 2 amide bonds. The van der Waals surface area contributed by atoms with Gasteiger partial charge in [0.05, 0.1) is 17.8 Å². The molecule has 0 fully saturated rings. The third kappa shape index (κ3) is 6.63. The lowest BCUT2D eigenvalue weighted by atomic mass is 10.0. The van der Waals surface area contributed by atoms with E-state index in [0.29, 0.717) is 17.0 Å². The van der Waals surface area contributed by atoms with Crippen molar-refractivity contribution in [1.82, 2.24) is 10.2 Å². The van der Waals surface area contributed by atoms with Crippen LogP contribution in [0.2, 0.25) is 5.02 Å². The van der Waals surface area contributed by atoms with Gasteiger partial charge in [0.1, 0.15) is 0 Å². The van der Waals surface area contributed by atoms with Crippen LogP contribution < -0.4 is 5.32 Å². The number of carbonyl (C=O) groups is 1. The lowest BCUT2D eigenvalue weighted by Gasteiger charge is -2.30. The largest absolute Gasteiger partial charge is 0.416 e. The molecule has 172 valence electrons. The van der Waals surface area contributed by atoms with Crippen molar-refractivity contribution in [1.29, 1.82) is 0 Å². The summed E-state index contributed by atoms with van der Waals surface area (Å²) in [6, 6.07) is 11.8. The van der Waals surface area contributed by atoms with Crippen LogP contribution >= 0.6 is 11.6 Å². The summed E-state index contributed by atoms with van der Waals surface area (Å²) in [5, 5.41) is 7.60. The summed E-state index contributed by atoms with van der Waals surface area (Å²) in [6.45, 7) is 5.67. The van der Waals surface area contributed by atoms with Gasteiger partial charge in [-0.1, -0.05) is 41.0 Å². The van der Waals surface area contributed by atoms with E-state index in [1.807, 2.05) is 32.9 Å². The quantitative estimate of drug-likeness (QED) is 0.598. The summed E-state index contributed by atoms with van der Waals surface area (Å²) in [5.74, 6) is 0. The smallest absolute Gasteiger partial charge is 0.390 e. The molecular weight excluding hydrogens is 443 g/mol. The molecule has 0 aliphatic carbocycles. The highest BCUT2D eigenvalue weighted by molar-refractivity contribution is 6.30. The topological polar surface area (TPSA) is 53.9 Å². The van der Waals surface area contributed by atoms with Crippen molar-refractivity contribution < 1.29 is 22.8 Å². The number of oxime groups is 1. The first-order valence-corrected chi connectivity index (χ1v) is 10.5. The van der Waals surface area contributed by atoms with Gasteiger partial charge in [0.2, 0.25) is 0 Å². The van der Waals surface area contributed by atoms with Crippen LogP contribution in [0.4, 0.5) is 18.0 Å². The number of hydrogen-bond acceptors (Lipinski definition) is 3. The number of alkyl halides is 3. The van der Waals surface area contributed by atoms with Crippen molar-refractivity contribution >= 4 is 23.3 Å². The van der Waals surface area contributed by atoms with Gasteiger partial charge in [0, 0.05) is 23.5 Å². The second-order valence-corrected chi connectivity index (χ2v) is 9.17. The number of halogens is 4. The van der Waals surface area contributed by atoms with E-state index in [1.54, 1.807) is 18.2 Å². The minimum absolute atomic E-state index is 0.00196. The van der Waals surface area contributed by atoms with Gasteiger partial charge in [-0.05, 0) is 56.2 Å². The molecule has 9 heteroatoms. The molecule has 1 aliphatic rings. The molecule has 0 spiro atoms. The minimum Gasteiger partial charge on any atom is -0.390 e. The number of hydrogen-bond donors (Lipinski definition) is 1. The van der Waals surface area contributed by atoms with Gasteiger partial charge in [0.15, 0.2) is 6.10 Å². The Morgan fingerprint density at radius 2 is 1.88 bits per heavy atom. The van der Waals surface area contributed by atoms with E-state index in [9.17, 15) is 18.0 Å². The van der Waals surface area contributed by atoms with Crippen LogP contribution in [0.5, 0.6) is 0 Å². The Morgan fingerprint density at radius 3 is 2.50 bits per heavy atom.